The number of rotatable bonds is 5. The molecule has 1 heterocycles. The van der Waals surface area contributed by atoms with Crippen molar-refractivity contribution in [1.29, 1.82) is 0 Å². The van der Waals surface area contributed by atoms with Gasteiger partial charge in [0, 0.05) is 12.2 Å². The van der Waals surface area contributed by atoms with Crippen molar-refractivity contribution in [3.63, 3.8) is 0 Å². The second-order valence-electron chi connectivity index (χ2n) is 4.78. The summed E-state index contributed by atoms with van der Waals surface area (Å²) in [7, 11) is 0. The van der Waals surface area contributed by atoms with Crippen LogP contribution in [0.2, 0.25) is 0 Å². The van der Waals surface area contributed by atoms with E-state index in [-0.39, 0.29) is 4.99 Å². The molecule has 0 aliphatic heterocycles. The number of nitrogens with one attached hydrogen (secondary N) is 1. The van der Waals surface area contributed by atoms with Gasteiger partial charge in [-0.05, 0) is 24.5 Å². The molecule has 0 spiro atoms. The third-order valence-corrected chi connectivity index (χ3v) is 3.25. The van der Waals surface area contributed by atoms with Gasteiger partial charge in [0.05, 0.1) is 0 Å². The number of anilines is 1. The van der Waals surface area contributed by atoms with Crippen molar-refractivity contribution in [2.45, 2.75) is 19.8 Å². The lowest BCUT2D eigenvalue weighted by Gasteiger charge is -2.13. The highest BCUT2D eigenvalue weighted by Crippen LogP contribution is 2.15. The summed E-state index contributed by atoms with van der Waals surface area (Å²) in [5.74, 6) is 0.934. The zero-order valence-corrected chi connectivity index (χ0v) is 12.4. The summed E-state index contributed by atoms with van der Waals surface area (Å²) >= 11 is 4.95. The highest BCUT2D eigenvalue weighted by Gasteiger charge is 2.08. The molecule has 2 aromatic rings. The van der Waals surface area contributed by atoms with E-state index in [1.54, 1.807) is 6.07 Å². The maximum absolute atomic E-state index is 5.61. The van der Waals surface area contributed by atoms with Crippen molar-refractivity contribution in [3.8, 4) is 0 Å². The van der Waals surface area contributed by atoms with Gasteiger partial charge in [0.1, 0.15) is 10.7 Å². The van der Waals surface area contributed by atoms with Crippen LogP contribution in [0.4, 0.5) is 5.95 Å². The Morgan fingerprint density at radius 2 is 2.00 bits per heavy atom. The average Bonchev–Trinajstić information content (AvgIpc) is 2.45. The van der Waals surface area contributed by atoms with E-state index >= 15 is 0 Å². The van der Waals surface area contributed by atoms with Crippen molar-refractivity contribution >= 4 is 23.2 Å². The van der Waals surface area contributed by atoms with Crippen molar-refractivity contribution in [2.24, 2.45) is 5.73 Å². The van der Waals surface area contributed by atoms with Crippen molar-refractivity contribution in [3.05, 3.63) is 53.3 Å². The minimum absolute atomic E-state index is 0.287. The molecule has 0 radical (unpaired) electrons. The second kappa shape index (κ2) is 6.43. The molecule has 1 atom stereocenters. The Kier molecular flexibility index (Phi) is 4.63. The van der Waals surface area contributed by atoms with Crippen molar-refractivity contribution < 1.29 is 0 Å². The normalized spacial score (nSPS) is 11.9. The molecule has 1 unspecified atom stereocenters. The van der Waals surface area contributed by atoms with Crippen LogP contribution in [0.3, 0.4) is 0 Å². The Morgan fingerprint density at radius 1 is 1.30 bits per heavy atom. The molecule has 5 heteroatoms. The molecule has 4 nitrogen and oxygen atoms in total. The highest BCUT2D eigenvalue weighted by molar-refractivity contribution is 7.80. The Morgan fingerprint density at radius 3 is 2.65 bits per heavy atom. The first-order chi connectivity index (χ1) is 9.56. The van der Waals surface area contributed by atoms with E-state index in [0.717, 1.165) is 12.2 Å². The number of aryl methyl sites for hydroxylation is 1. The second-order valence-corrected chi connectivity index (χ2v) is 5.21. The zero-order valence-electron chi connectivity index (χ0n) is 11.6. The van der Waals surface area contributed by atoms with Crippen LogP contribution in [0.1, 0.15) is 29.8 Å². The van der Waals surface area contributed by atoms with Crippen LogP contribution in [0.5, 0.6) is 0 Å². The quantitative estimate of drug-likeness (QED) is 0.827. The Hall–Kier alpha value is -2.01. The first-order valence-corrected chi connectivity index (χ1v) is 6.91. The minimum Gasteiger partial charge on any atom is -0.388 e. The largest absolute Gasteiger partial charge is 0.388 e. The molecule has 1 aromatic heterocycles. The first kappa shape index (κ1) is 14.4. The Balaban J connectivity index is 2.06. The molecule has 1 aromatic carbocycles. The summed E-state index contributed by atoms with van der Waals surface area (Å²) in [6.45, 7) is 4.81. The van der Waals surface area contributed by atoms with Gasteiger partial charge in [-0.1, -0.05) is 49.5 Å². The first-order valence-electron chi connectivity index (χ1n) is 6.50. The molecule has 3 N–H and O–H groups in total. The molecular formula is C15H18N4S. The zero-order chi connectivity index (χ0) is 14.5. The van der Waals surface area contributed by atoms with Crippen LogP contribution >= 0.6 is 12.2 Å². The number of nitrogens with two attached hydrogens (primary N) is 1. The number of benzene rings is 1. The Labute approximate surface area is 124 Å². The number of aromatic nitrogens is 2. The molecule has 0 saturated heterocycles. The molecule has 2 rings (SSSR count). The van der Waals surface area contributed by atoms with Gasteiger partial charge in [0.15, 0.2) is 0 Å². The third kappa shape index (κ3) is 3.74. The fourth-order valence-electron chi connectivity index (χ4n) is 1.92. The van der Waals surface area contributed by atoms with Crippen molar-refractivity contribution in [1.82, 2.24) is 9.97 Å². The van der Waals surface area contributed by atoms with Crippen LogP contribution in [-0.2, 0) is 0 Å². The lowest BCUT2D eigenvalue weighted by Crippen LogP contribution is -2.16. The predicted molar refractivity (Wildman–Crippen MR) is 86.0 cm³/mol. The predicted octanol–water partition coefficient (Wildman–Crippen LogP) is 2.63. The van der Waals surface area contributed by atoms with Gasteiger partial charge >= 0.3 is 0 Å². The summed E-state index contributed by atoms with van der Waals surface area (Å²) in [5.41, 5.74) is 8.34. The Bertz CT molecular complexity index is 598. The van der Waals surface area contributed by atoms with Crippen LogP contribution in [0, 0.1) is 6.92 Å². The maximum Gasteiger partial charge on any atom is 0.223 e. The van der Waals surface area contributed by atoms with Gasteiger partial charge in [-0.25, -0.2) is 9.97 Å². The molecule has 0 bridgehead atoms. The number of thiocarbonyl (C=S) groups is 1. The van der Waals surface area contributed by atoms with E-state index in [1.165, 1.54) is 5.56 Å². The summed E-state index contributed by atoms with van der Waals surface area (Å²) in [5, 5.41) is 3.24. The maximum atomic E-state index is 5.61. The van der Waals surface area contributed by atoms with Gasteiger partial charge < -0.3 is 11.1 Å². The van der Waals surface area contributed by atoms with Gasteiger partial charge in [-0.3, -0.25) is 0 Å². The van der Waals surface area contributed by atoms with Gasteiger partial charge in [-0.15, -0.1) is 0 Å². The van der Waals surface area contributed by atoms with E-state index in [4.69, 9.17) is 18.0 Å². The third-order valence-electron chi connectivity index (χ3n) is 3.04. The lowest BCUT2D eigenvalue weighted by molar-refractivity contribution is 0.795. The SMILES string of the molecule is Cc1cc(C(N)=S)nc(NCC(C)c2ccccc2)n1. The monoisotopic (exact) mass is 286 g/mol. The van der Waals surface area contributed by atoms with Gasteiger partial charge in [0.25, 0.3) is 0 Å². The molecule has 0 aliphatic rings. The molecule has 20 heavy (non-hydrogen) atoms. The smallest absolute Gasteiger partial charge is 0.223 e. The summed E-state index contributed by atoms with van der Waals surface area (Å²) in [6.07, 6.45) is 0. The number of hydrogen-bond acceptors (Lipinski definition) is 4. The number of nitrogens with zero attached hydrogens (tertiary/aromatic N) is 2. The minimum atomic E-state index is 0.287. The van der Waals surface area contributed by atoms with E-state index < -0.39 is 0 Å². The van der Waals surface area contributed by atoms with Crippen LogP contribution in [0.15, 0.2) is 36.4 Å². The van der Waals surface area contributed by atoms with Crippen molar-refractivity contribution in [2.75, 3.05) is 11.9 Å². The summed E-state index contributed by atoms with van der Waals surface area (Å²) in [4.78, 5) is 8.94. The highest BCUT2D eigenvalue weighted by atomic mass is 32.1. The van der Waals surface area contributed by atoms with Gasteiger partial charge in [0.2, 0.25) is 5.95 Å². The van der Waals surface area contributed by atoms with E-state index in [1.807, 2.05) is 25.1 Å². The molecule has 0 aliphatic carbocycles. The van der Waals surface area contributed by atoms with Crippen LogP contribution in [0.25, 0.3) is 0 Å². The topological polar surface area (TPSA) is 63.8 Å². The molecule has 104 valence electrons. The standard InChI is InChI=1S/C15H18N4S/c1-10(12-6-4-3-5-7-12)9-17-15-18-11(2)8-13(19-15)14(16)20/h3-8,10H,9H2,1-2H3,(H2,16,20)(H,17,18,19). The molecular weight excluding hydrogens is 268 g/mol. The van der Waals surface area contributed by atoms with Crippen LogP contribution in [-0.4, -0.2) is 21.5 Å². The van der Waals surface area contributed by atoms with E-state index in [2.05, 4.69) is 34.3 Å². The molecule has 0 amide bonds. The average molecular weight is 286 g/mol. The number of hydrogen-bond donors (Lipinski definition) is 2. The lowest BCUT2D eigenvalue weighted by atomic mass is 10.0. The van der Waals surface area contributed by atoms with Gasteiger partial charge in [-0.2, -0.15) is 0 Å². The summed E-state index contributed by atoms with van der Waals surface area (Å²) < 4.78 is 0. The fourth-order valence-corrected chi connectivity index (χ4v) is 2.02. The fraction of sp³-hybridized carbons (Fsp3) is 0.267. The van der Waals surface area contributed by atoms with E-state index in [9.17, 15) is 0 Å². The van der Waals surface area contributed by atoms with E-state index in [0.29, 0.717) is 17.6 Å². The molecule has 0 saturated carbocycles. The molecule has 0 fully saturated rings. The van der Waals surface area contributed by atoms with Crippen LogP contribution < -0.4 is 11.1 Å². The summed E-state index contributed by atoms with van der Waals surface area (Å²) in [6, 6.07) is 12.1.